The minimum atomic E-state index is -3.26. The molecule has 1 fully saturated rings. The van der Waals surface area contributed by atoms with Gasteiger partial charge in [-0.2, -0.15) is 0 Å². The summed E-state index contributed by atoms with van der Waals surface area (Å²) in [5.74, 6) is 0.0523. The molecule has 5 nitrogen and oxygen atoms in total. The molecule has 0 unspecified atom stereocenters. The lowest BCUT2D eigenvalue weighted by molar-refractivity contribution is 0.230. The highest BCUT2D eigenvalue weighted by Gasteiger charge is 2.14. The Balaban J connectivity index is 2.14. The maximum Gasteiger partial charge on any atom is 0.175 e. The van der Waals surface area contributed by atoms with Crippen LogP contribution in [-0.4, -0.2) is 50.9 Å². The first kappa shape index (κ1) is 13.3. The van der Waals surface area contributed by atoms with Crippen LogP contribution in [-0.2, 0) is 16.4 Å². The summed E-state index contributed by atoms with van der Waals surface area (Å²) in [5, 5.41) is 13.1. The molecule has 0 saturated carbocycles. The number of phenols is 1. The second kappa shape index (κ2) is 5.26. The normalized spacial score (nSPS) is 17.8. The molecule has 0 atom stereocenters. The van der Waals surface area contributed by atoms with E-state index in [-0.39, 0.29) is 10.6 Å². The second-order valence-corrected chi connectivity index (χ2v) is 6.60. The molecule has 1 heterocycles. The monoisotopic (exact) mass is 270 g/mol. The molecule has 1 aliphatic heterocycles. The standard InChI is InChI=1S/C12H18N2O3S/c1-18(16,17)11-3-2-10(12(15)8-11)9-14-6-4-13-5-7-14/h2-3,8,13,15H,4-7,9H2,1H3. The van der Waals surface area contributed by atoms with Crippen LogP contribution in [0, 0.1) is 0 Å². The molecule has 0 bridgehead atoms. The fourth-order valence-electron chi connectivity index (χ4n) is 2.02. The molecular formula is C12H18N2O3S. The van der Waals surface area contributed by atoms with Gasteiger partial charge in [0.25, 0.3) is 0 Å². The lowest BCUT2D eigenvalue weighted by Crippen LogP contribution is -2.42. The molecule has 6 heteroatoms. The highest BCUT2D eigenvalue weighted by atomic mass is 32.2. The van der Waals surface area contributed by atoms with E-state index in [1.807, 2.05) is 0 Å². The smallest absolute Gasteiger partial charge is 0.175 e. The number of piperazine rings is 1. The van der Waals surface area contributed by atoms with Crippen molar-refractivity contribution in [1.29, 1.82) is 0 Å². The van der Waals surface area contributed by atoms with E-state index in [2.05, 4.69) is 10.2 Å². The van der Waals surface area contributed by atoms with E-state index in [1.54, 1.807) is 12.1 Å². The van der Waals surface area contributed by atoms with E-state index in [0.717, 1.165) is 38.0 Å². The summed E-state index contributed by atoms with van der Waals surface area (Å²) in [6, 6.07) is 4.56. The molecule has 0 amide bonds. The molecule has 0 aliphatic carbocycles. The lowest BCUT2D eigenvalue weighted by atomic mass is 10.2. The summed E-state index contributed by atoms with van der Waals surface area (Å²) < 4.78 is 22.7. The van der Waals surface area contributed by atoms with E-state index in [1.165, 1.54) is 6.07 Å². The maximum absolute atomic E-state index is 11.4. The van der Waals surface area contributed by atoms with Crippen LogP contribution in [0.5, 0.6) is 5.75 Å². The van der Waals surface area contributed by atoms with Crippen LogP contribution in [0.3, 0.4) is 0 Å². The van der Waals surface area contributed by atoms with Gasteiger partial charge in [0.15, 0.2) is 9.84 Å². The fraction of sp³-hybridized carbons (Fsp3) is 0.500. The Labute approximate surface area is 107 Å². The second-order valence-electron chi connectivity index (χ2n) is 4.59. The van der Waals surface area contributed by atoms with E-state index >= 15 is 0 Å². The van der Waals surface area contributed by atoms with Gasteiger partial charge in [-0.3, -0.25) is 4.90 Å². The Hall–Kier alpha value is -1.11. The molecule has 0 aromatic heterocycles. The number of phenolic OH excluding ortho intramolecular Hbond substituents is 1. The van der Waals surface area contributed by atoms with Gasteiger partial charge in [0, 0.05) is 44.5 Å². The molecule has 18 heavy (non-hydrogen) atoms. The van der Waals surface area contributed by atoms with Crippen LogP contribution in [0.2, 0.25) is 0 Å². The number of hydrogen-bond donors (Lipinski definition) is 2. The summed E-state index contributed by atoms with van der Waals surface area (Å²) in [6.45, 7) is 4.42. The van der Waals surface area contributed by atoms with Crippen molar-refractivity contribution in [2.45, 2.75) is 11.4 Å². The zero-order chi connectivity index (χ0) is 13.2. The lowest BCUT2D eigenvalue weighted by Gasteiger charge is -2.27. The van der Waals surface area contributed by atoms with Crippen LogP contribution in [0.15, 0.2) is 23.1 Å². The minimum absolute atomic E-state index is 0.0523. The molecule has 0 radical (unpaired) electrons. The zero-order valence-corrected chi connectivity index (χ0v) is 11.2. The Morgan fingerprint density at radius 3 is 2.56 bits per heavy atom. The predicted molar refractivity (Wildman–Crippen MR) is 69.4 cm³/mol. The van der Waals surface area contributed by atoms with Gasteiger partial charge in [0.1, 0.15) is 5.75 Å². The Bertz CT molecular complexity index is 522. The van der Waals surface area contributed by atoms with Crippen molar-refractivity contribution >= 4 is 9.84 Å². The Morgan fingerprint density at radius 2 is 2.00 bits per heavy atom. The van der Waals surface area contributed by atoms with Crippen molar-refractivity contribution in [2.75, 3.05) is 32.4 Å². The molecule has 1 saturated heterocycles. The third-order valence-corrected chi connectivity index (χ3v) is 4.20. The van der Waals surface area contributed by atoms with Gasteiger partial charge in [0.2, 0.25) is 0 Å². The number of nitrogens with one attached hydrogen (secondary N) is 1. The molecule has 1 aromatic rings. The quantitative estimate of drug-likeness (QED) is 0.821. The summed E-state index contributed by atoms with van der Waals surface area (Å²) in [4.78, 5) is 2.38. The molecule has 1 aliphatic rings. The molecule has 1 aromatic carbocycles. The van der Waals surface area contributed by atoms with Crippen molar-refractivity contribution in [2.24, 2.45) is 0 Å². The fourth-order valence-corrected chi connectivity index (χ4v) is 2.66. The molecule has 2 N–H and O–H groups in total. The molecular weight excluding hydrogens is 252 g/mol. The first-order chi connectivity index (χ1) is 8.47. The number of hydrogen-bond acceptors (Lipinski definition) is 5. The molecule has 2 rings (SSSR count). The number of nitrogens with zero attached hydrogens (tertiary/aromatic N) is 1. The average Bonchev–Trinajstić information content (AvgIpc) is 2.32. The van der Waals surface area contributed by atoms with Gasteiger partial charge in [-0.25, -0.2) is 8.42 Å². The molecule has 0 spiro atoms. The van der Waals surface area contributed by atoms with Crippen molar-refractivity contribution in [3.63, 3.8) is 0 Å². The first-order valence-corrected chi connectivity index (χ1v) is 7.81. The highest BCUT2D eigenvalue weighted by Crippen LogP contribution is 2.23. The van der Waals surface area contributed by atoms with Gasteiger partial charge in [-0.05, 0) is 12.1 Å². The first-order valence-electron chi connectivity index (χ1n) is 5.92. The summed E-state index contributed by atoms with van der Waals surface area (Å²) >= 11 is 0. The summed E-state index contributed by atoms with van der Waals surface area (Å²) in [6.07, 6.45) is 1.14. The van der Waals surface area contributed by atoms with Gasteiger partial charge in [0.05, 0.1) is 4.90 Å². The van der Waals surface area contributed by atoms with Crippen LogP contribution in [0.25, 0.3) is 0 Å². The summed E-state index contributed by atoms with van der Waals surface area (Å²) in [7, 11) is -3.26. The maximum atomic E-state index is 11.4. The third-order valence-electron chi connectivity index (χ3n) is 3.09. The number of aromatic hydroxyl groups is 1. The van der Waals surface area contributed by atoms with E-state index in [0.29, 0.717) is 6.54 Å². The zero-order valence-electron chi connectivity index (χ0n) is 10.4. The van der Waals surface area contributed by atoms with Crippen molar-refractivity contribution in [3.05, 3.63) is 23.8 Å². The van der Waals surface area contributed by atoms with Crippen LogP contribution >= 0.6 is 0 Å². The van der Waals surface area contributed by atoms with Gasteiger partial charge >= 0.3 is 0 Å². The van der Waals surface area contributed by atoms with Gasteiger partial charge in [-0.15, -0.1) is 0 Å². The van der Waals surface area contributed by atoms with E-state index in [9.17, 15) is 13.5 Å². The minimum Gasteiger partial charge on any atom is -0.508 e. The highest BCUT2D eigenvalue weighted by molar-refractivity contribution is 7.90. The number of sulfone groups is 1. The van der Waals surface area contributed by atoms with Crippen molar-refractivity contribution in [3.8, 4) is 5.75 Å². The van der Waals surface area contributed by atoms with Crippen molar-refractivity contribution < 1.29 is 13.5 Å². The van der Waals surface area contributed by atoms with Crippen LogP contribution in [0.4, 0.5) is 0 Å². The largest absolute Gasteiger partial charge is 0.508 e. The topological polar surface area (TPSA) is 69.6 Å². The van der Waals surface area contributed by atoms with Crippen molar-refractivity contribution in [1.82, 2.24) is 10.2 Å². The predicted octanol–water partition coefficient (Wildman–Crippen LogP) is 0.201. The van der Waals surface area contributed by atoms with E-state index < -0.39 is 9.84 Å². The molecule has 100 valence electrons. The van der Waals surface area contributed by atoms with E-state index in [4.69, 9.17) is 0 Å². The third kappa shape index (κ3) is 3.22. The Kier molecular flexibility index (Phi) is 3.89. The average molecular weight is 270 g/mol. The number of rotatable bonds is 3. The SMILES string of the molecule is CS(=O)(=O)c1ccc(CN2CCNCC2)c(O)c1. The Morgan fingerprint density at radius 1 is 1.33 bits per heavy atom. The van der Waals surface area contributed by atoms with Gasteiger partial charge < -0.3 is 10.4 Å². The van der Waals surface area contributed by atoms with Crippen LogP contribution < -0.4 is 5.32 Å². The number of benzene rings is 1. The summed E-state index contributed by atoms with van der Waals surface area (Å²) in [5.41, 5.74) is 0.768. The van der Waals surface area contributed by atoms with Gasteiger partial charge in [-0.1, -0.05) is 6.07 Å². The van der Waals surface area contributed by atoms with Crippen LogP contribution in [0.1, 0.15) is 5.56 Å².